The van der Waals surface area contributed by atoms with E-state index in [2.05, 4.69) is 10.3 Å². The van der Waals surface area contributed by atoms with Crippen LogP contribution >= 0.6 is 0 Å². The summed E-state index contributed by atoms with van der Waals surface area (Å²) in [6.07, 6.45) is 3.87. The van der Waals surface area contributed by atoms with Gasteiger partial charge in [0, 0.05) is 18.1 Å². The highest BCUT2D eigenvalue weighted by atomic mass is 16.2. The van der Waals surface area contributed by atoms with Crippen molar-refractivity contribution in [3.05, 3.63) is 24.5 Å². The first-order valence-electron chi connectivity index (χ1n) is 4.20. The van der Waals surface area contributed by atoms with Gasteiger partial charge in [-0.1, -0.05) is 6.92 Å². The molecule has 0 radical (unpaired) electrons. The highest BCUT2D eigenvalue weighted by molar-refractivity contribution is 5.94. The van der Waals surface area contributed by atoms with Crippen molar-refractivity contribution in [1.82, 2.24) is 4.98 Å². The third-order valence-corrected chi connectivity index (χ3v) is 1.72. The van der Waals surface area contributed by atoms with E-state index in [1.165, 1.54) is 0 Å². The van der Waals surface area contributed by atoms with Crippen LogP contribution < -0.4 is 11.1 Å². The number of nitrogens with zero attached hydrogens (tertiary/aromatic N) is 1. The monoisotopic (exact) mass is 179 g/mol. The van der Waals surface area contributed by atoms with Gasteiger partial charge in [0.25, 0.3) is 0 Å². The molecule has 0 bridgehead atoms. The van der Waals surface area contributed by atoms with E-state index in [0.717, 1.165) is 5.69 Å². The number of nitrogens with one attached hydrogen (secondary N) is 1. The third-order valence-electron chi connectivity index (χ3n) is 1.72. The molecule has 4 heteroatoms. The van der Waals surface area contributed by atoms with Crippen molar-refractivity contribution in [2.75, 3.05) is 5.32 Å². The number of amides is 1. The molecule has 0 fully saturated rings. The number of hydrogen-bond donors (Lipinski definition) is 2. The summed E-state index contributed by atoms with van der Waals surface area (Å²) < 4.78 is 0. The van der Waals surface area contributed by atoms with Crippen molar-refractivity contribution >= 4 is 11.6 Å². The Morgan fingerprint density at radius 2 is 2.23 bits per heavy atom. The van der Waals surface area contributed by atoms with Crippen molar-refractivity contribution in [2.45, 2.75) is 19.4 Å². The van der Waals surface area contributed by atoms with Gasteiger partial charge in [0.05, 0.1) is 6.04 Å². The van der Waals surface area contributed by atoms with Crippen LogP contribution in [0.1, 0.15) is 13.3 Å². The second-order valence-corrected chi connectivity index (χ2v) is 2.74. The molecule has 1 unspecified atom stereocenters. The maximum Gasteiger partial charge on any atom is 0.241 e. The van der Waals surface area contributed by atoms with Gasteiger partial charge in [0.15, 0.2) is 0 Å². The number of carbonyl (C=O) groups excluding carboxylic acids is 1. The second kappa shape index (κ2) is 4.57. The SMILES string of the molecule is CCC(N)C(=O)Nc1ccncc1. The van der Waals surface area contributed by atoms with Crippen LogP contribution in [0.4, 0.5) is 5.69 Å². The predicted octanol–water partition coefficient (Wildman–Crippen LogP) is 0.757. The smallest absolute Gasteiger partial charge is 0.241 e. The summed E-state index contributed by atoms with van der Waals surface area (Å²) in [6.45, 7) is 1.87. The minimum atomic E-state index is -0.437. The Bertz CT molecular complexity index is 273. The molecule has 1 rings (SSSR count). The maximum absolute atomic E-state index is 11.3. The minimum Gasteiger partial charge on any atom is -0.325 e. The molecule has 0 aliphatic heterocycles. The molecule has 13 heavy (non-hydrogen) atoms. The van der Waals surface area contributed by atoms with Crippen LogP contribution in [-0.2, 0) is 4.79 Å². The molecular weight excluding hydrogens is 166 g/mol. The van der Waals surface area contributed by atoms with Gasteiger partial charge in [0.1, 0.15) is 0 Å². The molecular formula is C9H13N3O. The standard InChI is InChI=1S/C9H13N3O/c1-2-8(10)9(13)12-7-3-5-11-6-4-7/h3-6,8H,2,10H2,1H3,(H,11,12,13). The first kappa shape index (κ1) is 9.67. The summed E-state index contributed by atoms with van der Waals surface area (Å²) in [5.41, 5.74) is 6.26. The molecule has 0 spiro atoms. The topological polar surface area (TPSA) is 68.0 Å². The summed E-state index contributed by atoms with van der Waals surface area (Å²) in [7, 11) is 0. The van der Waals surface area contributed by atoms with Gasteiger partial charge in [-0.05, 0) is 18.6 Å². The van der Waals surface area contributed by atoms with E-state index in [9.17, 15) is 4.79 Å². The van der Waals surface area contributed by atoms with Crippen molar-refractivity contribution in [3.63, 3.8) is 0 Å². The lowest BCUT2D eigenvalue weighted by Gasteiger charge is -2.09. The molecule has 1 aromatic heterocycles. The molecule has 4 nitrogen and oxygen atoms in total. The van der Waals surface area contributed by atoms with Crippen LogP contribution in [-0.4, -0.2) is 16.9 Å². The van der Waals surface area contributed by atoms with Gasteiger partial charge >= 0.3 is 0 Å². The Labute approximate surface area is 77.2 Å². The van der Waals surface area contributed by atoms with E-state index >= 15 is 0 Å². The van der Waals surface area contributed by atoms with Crippen LogP contribution in [0.2, 0.25) is 0 Å². The number of rotatable bonds is 3. The maximum atomic E-state index is 11.3. The zero-order chi connectivity index (χ0) is 9.68. The quantitative estimate of drug-likeness (QED) is 0.719. The highest BCUT2D eigenvalue weighted by Gasteiger charge is 2.09. The molecule has 1 aromatic rings. The molecule has 70 valence electrons. The lowest BCUT2D eigenvalue weighted by Crippen LogP contribution is -2.34. The molecule has 1 atom stereocenters. The van der Waals surface area contributed by atoms with E-state index in [4.69, 9.17) is 5.73 Å². The van der Waals surface area contributed by atoms with Crippen molar-refractivity contribution in [2.24, 2.45) is 5.73 Å². The summed E-state index contributed by atoms with van der Waals surface area (Å²) in [4.78, 5) is 15.1. The number of anilines is 1. The third kappa shape index (κ3) is 2.83. The second-order valence-electron chi connectivity index (χ2n) is 2.74. The van der Waals surface area contributed by atoms with E-state index in [1.807, 2.05) is 6.92 Å². The van der Waals surface area contributed by atoms with Gasteiger partial charge in [0.2, 0.25) is 5.91 Å². The fraction of sp³-hybridized carbons (Fsp3) is 0.333. The highest BCUT2D eigenvalue weighted by Crippen LogP contribution is 2.03. The number of pyridine rings is 1. The zero-order valence-corrected chi connectivity index (χ0v) is 7.53. The lowest BCUT2D eigenvalue weighted by molar-refractivity contribution is -0.117. The van der Waals surface area contributed by atoms with Crippen LogP contribution in [0.25, 0.3) is 0 Å². The van der Waals surface area contributed by atoms with Crippen LogP contribution in [0.3, 0.4) is 0 Å². The summed E-state index contributed by atoms with van der Waals surface area (Å²) in [5, 5.41) is 2.69. The van der Waals surface area contributed by atoms with Crippen molar-refractivity contribution in [1.29, 1.82) is 0 Å². The number of hydrogen-bond acceptors (Lipinski definition) is 3. The molecule has 0 saturated heterocycles. The van der Waals surface area contributed by atoms with Crippen LogP contribution in [0.15, 0.2) is 24.5 Å². The Kier molecular flexibility index (Phi) is 3.40. The van der Waals surface area contributed by atoms with Gasteiger partial charge in [-0.3, -0.25) is 9.78 Å². The van der Waals surface area contributed by atoms with Crippen LogP contribution in [0, 0.1) is 0 Å². The number of carbonyl (C=O) groups is 1. The summed E-state index contributed by atoms with van der Waals surface area (Å²) in [6, 6.07) is 3.01. The molecule has 0 aliphatic rings. The fourth-order valence-corrected chi connectivity index (χ4v) is 0.856. The first-order valence-corrected chi connectivity index (χ1v) is 4.20. The molecule has 3 N–H and O–H groups in total. The van der Waals surface area contributed by atoms with Crippen molar-refractivity contribution in [3.8, 4) is 0 Å². The van der Waals surface area contributed by atoms with Gasteiger partial charge in [-0.25, -0.2) is 0 Å². The number of aromatic nitrogens is 1. The Balaban J connectivity index is 2.55. The van der Waals surface area contributed by atoms with Gasteiger partial charge in [-0.15, -0.1) is 0 Å². The Morgan fingerprint density at radius 1 is 1.62 bits per heavy atom. The zero-order valence-electron chi connectivity index (χ0n) is 7.53. The van der Waals surface area contributed by atoms with Gasteiger partial charge < -0.3 is 11.1 Å². The van der Waals surface area contributed by atoms with E-state index in [0.29, 0.717) is 6.42 Å². The predicted molar refractivity (Wildman–Crippen MR) is 51.1 cm³/mol. The molecule has 0 saturated carbocycles. The molecule has 0 aliphatic carbocycles. The Hall–Kier alpha value is -1.42. The molecule has 0 aromatic carbocycles. The molecule has 1 heterocycles. The lowest BCUT2D eigenvalue weighted by atomic mass is 10.2. The number of nitrogens with two attached hydrogens (primary N) is 1. The van der Waals surface area contributed by atoms with Crippen LogP contribution in [0.5, 0.6) is 0 Å². The van der Waals surface area contributed by atoms with Crippen molar-refractivity contribution < 1.29 is 4.79 Å². The van der Waals surface area contributed by atoms with Gasteiger partial charge in [-0.2, -0.15) is 0 Å². The minimum absolute atomic E-state index is 0.159. The largest absolute Gasteiger partial charge is 0.325 e. The van der Waals surface area contributed by atoms with E-state index in [1.54, 1.807) is 24.5 Å². The average Bonchev–Trinajstić information content (AvgIpc) is 2.18. The first-order chi connectivity index (χ1) is 6.24. The Morgan fingerprint density at radius 3 is 2.77 bits per heavy atom. The average molecular weight is 179 g/mol. The van der Waals surface area contributed by atoms with E-state index < -0.39 is 6.04 Å². The van der Waals surface area contributed by atoms with E-state index in [-0.39, 0.29) is 5.91 Å². The summed E-state index contributed by atoms with van der Waals surface area (Å²) in [5.74, 6) is -0.159. The fourth-order valence-electron chi connectivity index (χ4n) is 0.856. The normalized spacial score (nSPS) is 12.2. The summed E-state index contributed by atoms with van der Waals surface area (Å²) >= 11 is 0. The molecule has 1 amide bonds.